The Morgan fingerprint density at radius 3 is 2.11 bits per heavy atom. The molecule has 1 saturated heterocycles. The smallest absolute Gasteiger partial charge is 0.318 e. The van der Waals surface area contributed by atoms with Gasteiger partial charge in [0.05, 0.1) is 23.9 Å². The van der Waals surface area contributed by atoms with Crippen molar-refractivity contribution < 1.29 is 24.0 Å². The molecule has 2 bridgehead atoms. The summed E-state index contributed by atoms with van der Waals surface area (Å²) in [6, 6.07) is 18.8. The van der Waals surface area contributed by atoms with Crippen molar-refractivity contribution in [1.29, 1.82) is 0 Å². The molecule has 138 valence electrons. The van der Waals surface area contributed by atoms with E-state index in [4.69, 9.17) is 9.68 Å². The van der Waals surface area contributed by atoms with Gasteiger partial charge in [0, 0.05) is 4.76 Å². The summed E-state index contributed by atoms with van der Waals surface area (Å²) < 4.78 is -0.211. The van der Waals surface area contributed by atoms with Gasteiger partial charge in [-0.2, -0.15) is 0 Å². The quantitative estimate of drug-likeness (QED) is 0.737. The van der Waals surface area contributed by atoms with E-state index in [-0.39, 0.29) is 35.5 Å². The summed E-state index contributed by atoms with van der Waals surface area (Å²) in [5.41, 5.74) is 1.76. The molecule has 2 aromatic carbocycles. The van der Waals surface area contributed by atoms with Gasteiger partial charge in [0.25, 0.3) is 0 Å². The predicted molar refractivity (Wildman–Crippen MR) is 96.9 cm³/mol. The Morgan fingerprint density at radius 2 is 1.52 bits per heavy atom. The van der Waals surface area contributed by atoms with Gasteiger partial charge in [0.15, 0.2) is 12.7 Å². The highest BCUT2D eigenvalue weighted by molar-refractivity contribution is 5.72. The highest BCUT2D eigenvalue weighted by atomic mass is 16.9. The minimum atomic E-state index is -0.376. The molecule has 0 aromatic heterocycles. The lowest BCUT2D eigenvalue weighted by Gasteiger charge is -2.30. The third-order valence-corrected chi connectivity index (χ3v) is 4.71. The van der Waals surface area contributed by atoms with Crippen LogP contribution in [-0.4, -0.2) is 35.0 Å². The number of hydrogen-bond donors (Lipinski definition) is 0. The SMILES string of the molecule is O=C(Cc1ccccc1)ON1CC2C=C[N+]1(OC(=O)Cc1ccccc1)C2. The van der Waals surface area contributed by atoms with E-state index in [2.05, 4.69) is 0 Å². The molecule has 0 amide bonds. The highest BCUT2D eigenvalue weighted by Gasteiger charge is 2.55. The van der Waals surface area contributed by atoms with Gasteiger partial charge in [-0.25, -0.2) is 14.4 Å². The summed E-state index contributed by atoms with van der Waals surface area (Å²) in [6.07, 6.45) is 4.11. The van der Waals surface area contributed by atoms with Crippen LogP contribution in [-0.2, 0) is 32.1 Å². The molecule has 0 spiro atoms. The van der Waals surface area contributed by atoms with Gasteiger partial charge in [-0.1, -0.05) is 60.7 Å². The first-order chi connectivity index (χ1) is 13.1. The minimum Gasteiger partial charge on any atom is -0.318 e. The maximum atomic E-state index is 12.4. The summed E-state index contributed by atoms with van der Waals surface area (Å²) in [4.78, 5) is 36.0. The average Bonchev–Trinajstić information content (AvgIpc) is 3.20. The second-order valence-corrected chi connectivity index (χ2v) is 6.83. The summed E-state index contributed by atoms with van der Waals surface area (Å²) in [5, 5.41) is 1.46. The third kappa shape index (κ3) is 3.92. The van der Waals surface area contributed by atoms with Crippen LogP contribution in [0, 0.1) is 5.92 Å². The van der Waals surface area contributed by atoms with Gasteiger partial charge < -0.3 is 4.84 Å². The maximum absolute atomic E-state index is 12.4. The molecule has 4 rings (SSSR count). The molecule has 2 aliphatic heterocycles. The fourth-order valence-electron chi connectivity index (χ4n) is 3.44. The molecule has 1 fully saturated rings. The lowest BCUT2D eigenvalue weighted by molar-refractivity contribution is -1.15. The molecule has 0 saturated carbocycles. The Hall–Kier alpha value is -2.96. The van der Waals surface area contributed by atoms with Crippen molar-refractivity contribution >= 4 is 11.9 Å². The van der Waals surface area contributed by atoms with Crippen molar-refractivity contribution in [2.45, 2.75) is 12.8 Å². The van der Waals surface area contributed by atoms with Crippen LogP contribution in [0.25, 0.3) is 0 Å². The molecule has 2 unspecified atom stereocenters. The lowest BCUT2D eigenvalue weighted by atomic mass is 10.2. The van der Waals surface area contributed by atoms with E-state index in [0.29, 0.717) is 13.1 Å². The first kappa shape index (κ1) is 17.5. The van der Waals surface area contributed by atoms with Crippen LogP contribution in [0.15, 0.2) is 72.9 Å². The van der Waals surface area contributed by atoms with Gasteiger partial charge >= 0.3 is 11.9 Å². The Kier molecular flexibility index (Phi) is 4.75. The van der Waals surface area contributed by atoms with Crippen LogP contribution in [0.1, 0.15) is 11.1 Å². The number of nitrogens with zero attached hydrogens (tertiary/aromatic N) is 2. The number of carbonyl (C=O) groups excluding carboxylic acids is 2. The number of carbonyl (C=O) groups is 2. The molecule has 0 N–H and O–H groups in total. The zero-order valence-corrected chi connectivity index (χ0v) is 14.9. The van der Waals surface area contributed by atoms with Crippen LogP contribution in [0.3, 0.4) is 0 Å². The van der Waals surface area contributed by atoms with E-state index < -0.39 is 0 Å². The van der Waals surface area contributed by atoms with Crippen molar-refractivity contribution in [3.05, 3.63) is 84.1 Å². The van der Waals surface area contributed by atoms with E-state index >= 15 is 0 Å². The summed E-state index contributed by atoms with van der Waals surface area (Å²) in [5.74, 6) is -0.546. The van der Waals surface area contributed by atoms with E-state index in [0.717, 1.165) is 11.1 Å². The van der Waals surface area contributed by atoms with Crippen molar-refractivity contribution in [1.82, 2.24) is 5.17 Å². The molecule has 0 aliphatic carbocycles. The summed E-state index contributed by atoms with van der Waals surface area (Å²) >= 11 is 0. The number of rotatable bonds is 6. The highest BCUT2D eigenvalue weighted by Crippen LogP contribution is 2.35. The molecule has 6 heteroatoms. The monoisotopic (exact) mass is 365 g/mol. The minimum absolute atomic E-state index is 0.170. The molecular formula is C21H21N2O4+. The fourth-order valence-corrected chi connectivity index (χ4v) is 3.44. The van der Waals surface area contributed by atoms with Crippen LogP contribution >= 0.6 is 0 Å². The van der Waals surface area contributed by atoms with Crippen LogP contribution in [0.4, 0.5) is 0 Å². The molecule has 6 nitrogen and oxygen atoms in total. The fraction of sp³-hybridized carbons (Fsp3) is 0.238. The van der Waals surface area contributed by atoms with Crippen LogP contribution < -0.4 is 0 Å². The van der Waals surface area contributed by atoms with Crippen LogP contribution in [0.2, 0.25) is 0 Å². The van der Waals surface area contributed by atoms with Crippen molar-refractivity contribution in [3.8, 4) is 0 Å². The Morgan fingerprint density at radius 1 is 0.926 bits per heavy atom. The van der Waals surface area contributed by atoms with Gasteiger partial charge in [-0.15, -0.1) is 0 Å². The predicted octanol–water partition coefficient (Wildman–Crippen LogP) is 2.58. The normalized spacial score (nSPS) is 23.3. The third-order valence-electron chi connectivity index (χ3n) is 4.71. The number of fused-ring (bicyclic) bond motifs is 2. The summed E-state index contributed by atoms with van der Waals surface area (Å²) in [7, 11) is 0. The van der Waals surface area contributed by atoms with Gasteiger partial charge in [-0.05, 0) is 17.2 Å². The van der Waals surface area contributed by atoms with Crippen molar-refractivity contribution in [3.63, 3.8) is 0 Å². The van der Waals surface area contributed by atoms with E-state index in [1.165, 1.54) is 5.17 Å². The number of hydroxylamine groups is 3. The molecule has 0 radical (unpaired) electrons. The molecular weight excluding hydrogens is 344 g/mol. The van der Waals surface area contributed by atoms with E-state index in [9.17, 15) is 9.59 Å². The number of quaternary nitrogens is 1. The van der Waals surface area contributed by atoms with E-state index in [1.807, 2.05) is 66.7 Å². The Labute approximate surface area is 157 Å². The molecule has 2 heterocycles. The zero-order valence-electron chi connectivity index (χ0n) is 14.9. The largest absolute Gasteiger partial charge is 0.374 e. The molecule has 2 aliphatic rings. The standard InChI is InChI=1S/C21H21N2O4/c24-20(13-17-7-3-1-4-8-17)26-22-15-19-11-12-23(22,16-19)27-21(25)14-18-9-5-2-6-10-18/h1-12,19H,13-16H2/q+1. The van der Waals surface area contributed by atoms with Gasteiger partial charge in [0.1, 0.15) is 6.54 Å². The van der Waals surface area contributed by atoms with E-state index in [1.54, 1.807) is 6.20 Å². The average molecular weight is 365 g/mol. The zero-order chi connectivity index (χ0) is 18.7. The molecule has 2 atom stereocenters. The first-order valence-corrected chi connectivity index (χ1v) is 8.99. The van der Waals surface area contributed by atoms with Gasteiger partial charge in [-0.3, -0.25) is 0 Å². The number of hydrogen-bond acceptors (Lipinski definition) is 5. The lowest BCUT2D eigenvalue weighted by Crippen LogP contribution is -2.53. The van der Waals surface area contributed by atoms with Crippen molar-refractivity contribution in [2.75, 3.05) is 13.1 Å². The maximum Gasteiger partial charge on any atom is 0.374 e. The number of benzene rings is 2. The second kappa shape index (κ2) is 7.34. The summed E-state index contributed by atoms with van der Waals surface area (Å²) in [6.45, 7) is 1.06. The van der Waals surface area contributed by atoms with Crippen molar-refractivity contribution in [2.24, 2.45) is 5.92 Å². The second-order valence-electron chi connectivity index (χ2n) is 6.83. The van der Waals surface area contributed by atoms with Gasteiger partial charge in [0.2, 0.25) is 0 Å². The first-order valence-electron chi connectivity index (χ1n) is 8.99. The van der Waals surface area contributed by atoms with Crippen LogP contribution in [0.5, 0.6) is 0 Å². The Balaban J connectivity index is 1.40. The molecule has 27 heavy (non-hydrogen) atoms. The topological polar surface area (TPSA) is 55.8 Å². The molecule has 2 aromatic rings. The Bertz CT molecular complexity index is 853.